The van der Waals surface area contributed by atoms with Crippen molar-refractivity contribution in [1.82, 2.24) is 5.32 Å². The molecule has 1 rings (SSSR count). The monoisotopic (exact) mass is 318 g/mol. The number of carbonyl (C=O) groups excluding carboxylic acids is 2. The lowest BCUT2D eigenvalue weighted by molar-refractivity contribution is -0.274. The number of hydrogen-bond donors (Lipinski definition) is 2. The first kappa shape index (κ1) is 17.8. The number of halogens is 3. The van der Waals surface area contributed by atoms with Crippen molar-refractivity contribution in [3.8, 4) is 5.75 Å². The summed E-state index contributed by atoms with van der Waals surface area (Å²) in [6, 6.07) is 4.70. The maximum atomic E-state index is 12.0. The smallest absolute Gasteiger partial charge is 0.406 e. The fourth-order valence-corrected chi connectivity index (χ4v) is 1.37. The number of ether oxygens (including phenoxy) is 1. The maximum absolute atomic E-state index is 12.0. The number of benzene rings is 1. The van der Waals surface area contributed by atoms with Gasteiger partial charge in [-0.1, -0.05) is 20.8 Å². The van der Waals surface area contributed by atoms with Gasteiger partial charge in [-0.05, 0) is 24.3 Å². The van der Waals surface area contributed by atoms with E-state index >= 15 is 0 Å². The molecule has 0 saturated carbocycles. The molecule has 1 aromatic rings. The highest BCUT2D eigenvalue weighted by atomic mass is 19.4. The van der Waals surface area contributed by atoms with Gasteiger partial charge >= 0.3 is 6.36 Å². The summed E-state index contributed by atoms with van der Waals surface area (Å²) in [6.45, 7) is 4.90. The van der Waals surface area contributed by atoms with E-state index in [4.69, 9.17) is 0 Å². The Morgan fingerprint density at radius 1 is 1.09 bits per heavy atom. The van der Waals surface area contributed by atoms with Gasteiger partial charge < -0.3 is 15.4 Å². The van der Waals surface area contributed by atoms with Gasteiger partial charge in [-0.25, -0.2) is 0 Å². The topological polar surface area (TPSA) is 67.4 Å². The third-order valence-corrected chi connectivity index (χ3v) is 2.46. The lowest BCUT2D eigenvalue weighted by Gasteiger charge is -2.17. The van der Waals surface area contributed by atoms with Gasteiger partial charge in [0, 0.05) is 11.1 Å². The summed E-state index contributed by atoms with van der Waals surface area (Å²) in [5.41, 5.74) is -0.318. The minimum Gasteiger partial charge on any atom is -0.406 e. The fourth-order valence-electron chi connectivity index (χ4n) is 1.37. The first-order valence-corrected chi connectivity index (χ1v) is 6.41. The molecule has 0 radical (unpaired) electrons. The molecule has 0 atom stereocenters. The Labute approximate surface area is 125 Å². The number of amides is 2. The van der Waals surface area contributed by atoms with E-state index in [1.54, 1.807) is 20.8 Å². The predicted octanol–water partition coefficient (Wildman–Crippen LogP) is 2.69. The molecule has 22 heavy (non-hydrogen) atoms. The predicted molar refractivity (Wildman–Crippen MR) is 74.2 cm³/mol. The molecule has 2 N–H and O–H groups in total. The molecular formula is C14H17F3N2O3. The van der Waals surface area contributed by atoms with Crippen LogP contribution in [-0.2, 0) is 9.59 Å². The van der Waals surface area contributed by atoms with Crippen LogP contribution in [0.2, 0.25) is 0 Å². The van der Waals surface area contributed by atoms with Crippen LogP contribution in [0.15, 0.2) is 24.3 Å². The van der Waals surface area contributed by atoms with Crippen LogP contribution in [0.3, 0.4) is 0 Å². The number of anilines is 1. The van der Waals surface area contributed by atoms with Gasteiger partial charge in [0.25, 0.3) is 0 Å². The zero-order valence-electron chi connectivity index (χ0n) is 12.4. The Morgan fingerprint density at radius 2 is 1.64 bits per heavy atom. The van der Waals surface area contributed by atoms with Gasteiger partial charge in [0.1, 0.15) is 5.75 Å². The molecule has 0 saturated heterocycles. The Balaban J connectivity index is 2.50. The summed E-state index contributed by atoms with van der Waals surface area (Å²) in [6.07, 6.45) is -4.76. The number of rotatable bonds is 4. The molecule has 2 amide bonds. The van der Waals surface area contributed by atoms with E-state index < -0.39 is 17.7 Å². The highest BCUT2D eigenvalue weighted by Crippen LogP contribution is 2.23. The molecule has 0 aliphatic carbocycles. The van der Waals surface area contributed by atoms with Crippen molar-refractivity contribution >= 4 is 17.5 Å². The number of nitrogens with one attached hydrogen (secondary N) is 2. The summed E-state index contributed by atoms with van der Waals surface area (Å²) in [4.78, 5) is 23.2. The largest absolute Gasteiger partial charge is 0.573 e. The van der Waals surface area contributed by atoms with E-state index in [2.05, 4.69) is 15.4 Å². The summed E-state index contributed by atoms with van der Waals surface area (Å²) in [7, 11) is 0. The molecule has 0 unspecified atom stereocenters. The average molecular weight is 318 g/mol. The van der Waals surface area contributed by atoms with Gasteiger partial charge in [-0.15, -0.1) is 13.2 Å². The molecule has 122 valence electrons. The van der Waals surface area contributed by atoms with E-state index in [1.165, 1.54) is 12.1 Å². The highest BCUT2D eigenvalue weighted by Gasteiger charge is 2.31. The molecule has 0 aliphatic rings. The van der Waals surface area contributed by atoms with Crippen LogP contribution >= 0.6 is 0 Å². The summed E-state index contributed by atoms with van der Waals surface area (Å²) >= 11 is 0. The first-order valence-electron chi connectivity index (χ1n) is 6.41. The molecule has 8 heteroatoms. The van der Waals surface area contributed by atoms with E-state index in [9.17, 15) is 22.8 Å². The van der Waals surface area contributed by atoms with Crippen molar-refractivity contribution in [3.63, 3.8) is 0 Å². The minimum atomic E-state index is -4.76. The third-order valence-electron chi connectivity index (χ3n) is 2.46. The van der Waals surface area contributed by atoms with E-state index in [-0.39, 0.29) is 18.2 Å². The van der Waals surface area contributed by atoms with Crippen molar-refractivity contribution < 1.29 is 27.5 Å². The second kappa shape index (κ2) is 6.67. The number of alkyl halides is 3. The van der Waals surface area contributed by atoms with Crippen LogP contribution in [0.25, 0.3) is 0 Å². The molecular weight excluding hydrogens is 301 g/mol. The first-order chi connectivity index (χ1) is 9.97. The van der Waals surface area contributed by atoms with Crippen molar-refractivity contribution in [2.75, 3.05) is 11.9 Å². The molecule has 0 spiro atoms. The second-order valence-electron chi connectivity index (χ2n) is 5.55. The van der Waals surface area contributed by atoms with Gasteiger partial charge in [0.05, 0.1) is 6.54 Å². The number of carbonyl (C=O) groups is 2. The SMILES string of the molecule is CC(C)(C)C(=O)NCC(=O)Nc1ccc(OC(F)(F)F)cc1. The van der Waals surface area contributed by atoms with Crippen molar-refractivity contribution in [2.24, 2.45) is 5.41 Å². The van der Waals surface area contributed by atoms with Crippen LogP contribution in [0.5, 0.6) is 5.75 Å². The van der Waals surface area contributed by atoms with Crippen LogP contribution in [0.4, 0.5) is 18.9 Å². The zero-order valence-corrected chi connectivity index (χ0v) is 12.4. The maximum Gasteiger partial charge on any atom is 0.573 e. The Hall–Kier alpha value is -2.25. The fraction of sp³-hybridized carbons (Fsp3) is 0.429. The van der Waals surface area contributed by atoms with Gasteiger partial charge in [-0.3, -0.25) is 9.59 Å². The van der Waals surface area contributed by atoms with Gasteiger partial charge in [-0.2, -0.15) is 0 Å². The van der Waals surface area contributed by atoms with Crippen LogP contribution in [0, 0.1) is 5.41 Å². The van der Waals surface area contributed by atoms with E-state index in [1.807, 2.05) is 0 Å². The van der Waals surface area contributed by atoms with Crippen LogP contribution in [0.1, 0.15) is 20.8 Å². The van der Waals surface area contributed by atoms with Gasteiger partial charge in [0.2, 0.25) is 11.8 Å². The Kier molecular flexibility index (Phi) is 5.40. The van der Waals surface area contributed by atoms with Crippen molar-refractivity contribution in [1.29, 1.82) is 0 Å². The average Bonchev–Trinajstić information content (AvgIpc) is 2.35. The van der Waals surface area contributed by atoms with Crippen molar-refractivity contribution in [3.05, 3.63) is 24.3 Å². The quantitative estimate of drug-likeness (QED) is 0.897. The minimum absolute atomic E-state index is 0.225. The number of hydrogen-bond acceptors (Lipinski definition) is 3. The van der Waals surface area contributed by atoms with E-state index in [0.29, 0.717) is 5.69 Å². The van der Waals surface area contributed by atoms with Crippen LogP contribution in [-0.4, -0.2) is 24.7 Å². The summed E-state index contributed by atoms with van der Waals surface area (Å²) in [5, 5.41) is 4.91. The second-order valence-corrected chi connectivity index (χ2v) is 5.55. The Morgan fingerprint density at radius 3 is 2.09 bits per heavy atom. The van der Waals surface area contributed by atoms with Crippen molar-refractivity contribution in [2.45, 2.75) is 27.1 Å². The third kappa shape index (κ3) is 6.47. The summed E-state index contributed by atoms with van der Waals surface area (Å²) < 4.78 is 39.7. The normalized spacial score (nSPS) is 11.7. The molecule has 0 fully saturated rings. The molecule has 0 bridgehead atoms. The standard InChI is InChI=1S/C14H17F3N2O3/c1-13(2,3)12(21)18-8-11(20)19-9-4-6-10(7-5-9)22-14(15,16)17/h4-7H,8H2,1-3H3,(H,18,21)(H,19,20). The van der Waals surface area contributed by atoms with E-state index in [0.717, 1.165) is 12.1 Å². The summed E-state index contributed by atoms with van der Waals surface area (Å²) in [5.74, 6) is -1.15. The lowest BCUT2D eigenvalue weighted by Crippen LogP contribution is -2.39. The zero-order chi connectivity index (χ0) is 17.0. The molecule has 5 nitrogen and oxygen atoms in total. The van der Waals surface area contributed by atoms with Crippen LogP contribution < -0.4 is 15.4 Å². The molecule has 0 heterocycles. The molecule has 0 aliphatic heterocycles. The lowest BCUT2D eigenvalue weighted by atomic mass is 9.96. The Bertz CT molecular complexity index is 534. The van der Waals surface area contributed by atoms with Gasteiger partial charge in [0.15, 0.2) is 0 Å². The molecule has 1 aromatic carbocycles. The molecule has 0 aromatic heterocycles. The highest BCUT2D eigenvalue weighted by molar-refractivity contribution is 5.95.